The van der Waals surface area contributed by atoms with Crippen LogP contribution in [0.4, 0.5) is 18.9 Å². The maximum atomic E-state index is 13.0. The summed E-state index contributed by atoms with van der Waals surface area (Å²) in [5.74, 6) is -1.76. The van der Waals surface area contributed by atoms with Crippen molar-refractivity contribution >= 4 is 23.4 Å². The quantitative estimate of drug-likeness (QED) is 0.647. The van der Waals surface area contributed by atoms with E-state index in [1.54, 1.807) is 0 Å². The first kappa shape index (κ1) is 17.8. The van der Waals surface area contributed by atoms with Crippen LogP contribution >= 0.6 is 0 Å². The summed E-state index contributed by atoms with van der Waals surface area (Å²) in [5, 5.41) is 2.23. The van der Waals surface area contributed by atoms with E-state index >= 15 is 0 Å². The molecule has 0 radical (unpaired) electrons. The van der Waals surface area contributed by atoms with E-state index in [1.807, 2.05) is 12.2 Å². The van der Waals surface area contributed by atoms with E-state index in [0.717, 1.165) is 17.4 Å². The van der Waals surface area contributed by atoms with Gasteiger partial charge in [0.25, 0.3) is 0 Å². The Morgan fingerprint density at radius 2 is 1.67 bits per heavy atom. The first-order chi connectivity index (χ1) is 12.8. The number of para-hydroxylation sites is 1. The molecule has 1 aromatic rings. The molecule has 142 valence electrons. The highest BCUT2D eigenvalue weighted by Crippen LogP contribution is 2.52. The Kier molecular flexibility index (Phi) is 4.09. The normalized spacial score (nSPS) is 28.8. The summed E-state index contributed by atoms with van der Waals surface area (Å²) < 4.78 is 39.0. The molecular formula is C19H17F3N2O3. The predicted molar refractivity (Wildman–Crippen MR) is 89.1 cm³/mol. The number of alkyl halides is 3. The van der Waals surface area contributed by atoms with Crippen LogP contribution in [0.15, 0.2) is 36.4 Å². The number of hydrogen-bond acceptors (Lipinski definition) is 3. The molecule has 2 fully saturated rings. The van der Waals surface area contributed by atoms with Crippen LogP contribution in [0, 0.1) is 23.7 Å². The van der Waals surface area contributed by atoms with Gasteiger partial charge in [0.05, 0.1) is 23.1 Å². The Morgan fingerprint density at radius 1 is 1.07 bits per heavy atom. The topological polar surface area (TPSA) is 66.5 Å². The Labute approximate surface area is 153 Å². The molecule has 1 N–H and O–H groups in total. The first-order valence-electron chi connectivity index (χ1n) is 8.77. The van der Waals surface area contributed by atoms with Gasteiger partial charge in [-0.1, -0.05) is 24.3 Å². The van der Waals surface area contributed by atoms with Gasteiger partial charge in [-0.25, -0.2) is 0 Å². The zero-order chi connectivity index (χ0) is 19.3. The number of imide groups is 1. The Bertz CT molecular complexity index is 819. The number of hydrogen-bond donors (Lipinski definition) is 1. The predicted octanol–water partition coefficient (Wildman–Crippen LogP) is 2.84. The van der Waals surface area contributed by atoms with Crippen molar-refractivity contribution in [1.29, 1.82) is 0 Å². The third-order valence-electron chi connectivity index (χ3n) is 5.63. The number of halogens is 3. The van der Waals surface area contributed by atoms with Crippen molar-refractivity contribution in [3.05, 3.63) is 42.0 Å². The number of carbonyl (C=O) groups is 3. The van der Waals surface area contributed by atoms with Crippen LogP contribution in [0.1, 0.15) is 18.4 Å². The summed E-state index contributed by atoms with van der Waals surface area (Å²) >= 11 is 0. The second-order valence-electron chi connectivity index (χ2n) is 7.17. The number of allylic oxidation sites excluding steroid dienone is 2. The number of amides is 3. The molecule has 3 aliphatic rings. The van der Waals surface area contributed by atoms with Crippen molar-refractivity contribution in [2.45, 2.75) is 19.0 Å². The fraction of sp³-hybridized carbons (Fsp3) is 0.421. The van der Waals surface area contributed by atoms with Crippen molar-refractivity contribution in [2.75, 3.05) is 11.9 Å². The molecule has 3 amide bonds. The van der Waals surface area contributed by atoms with Crippen molar-refractivity contribution in [3.8, 4) is 0 Å². The molecule has 5 nitrogen and oxygen atoms in total. The summed E-state index contributed by atoms with van der Waals surface area (Å²) in [6, 6.07) is 4.68. The number of anilines is 1. The van der Waals surface area contributed by atoms with E-state index in [0.29, 0.717) is 0 Å². The lowest BCUT2D eigenvalue weighted by Gasteiger charge is -2.17. The molecule has 4 atom stereocenters. The van der Waals surface area contributed by atoms with E-state index in [1.165, 1.54) is 18.2 Å². The third kappa shape index (κ3) is 2.93. The summed E-state index contributed by atoms with van der Waals surface area (Å²) in [4.78, 5) is 38.3. The van der Waals surface area contributed by atoms with Gasteiger partial charge in [-0.3, -0.25) is 19.3 Å². The van der Waals surface area contributed by atoms with E-state index in [-0.39, 0.29) is 54.1 Å². The SMILES string of the molecule is O=C(CCN1C(=O)[C@H]2[C@H](C1=O)[C@H]1C=C[C@H]2C1)Nc1ccccc1C(F)(F)F. The maximum absolute atomic E-state index is 13.0. The van der Waals surface area contributed by atoms with Crippen LogP contribution in [-0.2, 0) is 20.6 Å². The van der Waals surface area contributed by atoms with E-state index in [4.69, 9.17) is 0 Å². The number of likely N-dealkylation sites (tertiary alicyclic amines) is 1. The van der Waals surface area contributed by atoms with Gasteiger partial charge in [0, 0.05) is 13.0 Å². The average Bonchev–Trinajstić information content (AvgIpc) is 3.27. The van der Waals surface area contributed by atoms with Gasteiger partial charge in [0.15, 0.2) is 0 Å². The van der Waals surface area contributed by atoms with Crippen molar-refractivity contribution in [1.82, 2.24) is 4.90 Å². The van der Waals surface area contributed by atoms with Crippen LogP contribution < -0.4 is 5.32 Å². The van der Waals surface area contributed by atoms with Crippen LogP contribution in [0.2, 0.25) is 0 Å². The summed E-state index contributed by atoms with van der Waals surface area (Å²) in [5.41, 5.74) is -1.28. The minimum absolute atomic E-state index is 0.0777. The number of benzene rings is 1. The molecule has 1 saturated heterocycles. The van der Waals surface area contributed by atoms with Gasteiger partial charge in [0.2, 0.25) is 17.7 Å². The number of carbonyl (C=O) groups excluding carboxylic acids is 3. The number of fused-ring (bicyclic) bond motifs is 5. The molecule has 27 heavy (non-hydrogen) atoms. The van der Waals surface area contributed by atoms with Crippen LogP contribution in [0.25, 0.3) is 0 Å². The molecule has 8 heteroatoms. The largest absolute Gasteiger partial charge is 0.418 e. The minimum atomic E-state index is -4.59. The van der Waals surface area contributed by atoms with Crippen molar-refractivity contribution in [3.63, 3.8) is 0 Å². The lowest BCUT2D eigenvalue weighted by atomic mass is 9.85. The van der Waals surface area contributed by atoms with E-state index < -0.39 is 17.6 Å². The monoisotopic (exact) mass is 378 g/mol. The number of rotatable bonds is 4. The van der Waals surface area contributed by atoms with Crippen molar-refractivity contribution in [2.24, 2.45) is 23.7 Å². The zero-order valence-corrected chi connectivity index (χ0v) is 14.2. The molecule has 2 aliphatic carbocycles. The van der Waals surface area contributed by atoms with Gasteiger partial charge >= 0.3 is 6.18 Å². The Morgan fingerprint density at radius 3 is 2.26 bits per heavy atom. The van der Waals surface area contributed by atoms with Crippen LogP contribution in [-0.4, -0.2) is 29.2 Å². The van der Waals surface area contributed by atoms with Crippen LogP contribution in [0.3, 0.4) is 0 Å². The molecular weight excluding hydrogens is 361 g/mol. The lowest BCUT2D eigenvalue weighted by Crippen LogP contribution is -2.35. The Hall–Kier alpha value is -2.64. The highest BCUT2D eigenvalue weighted by molar-refractivity contribution is 6.06. The summed E-state index contributed by atoms with van der Waals surface area (Å²) in [6.45, 7) is -0.121. The van der Waals surface area contributed by atoms with Gasteiger partial charge in [-0.15, -0.1) is 0 Å². The van der Waals surface area contributed by atoms with Gasteiger partial charge < -0.3 is 5.32 Å². The smallest absolute Gasteiger partial charge is 0.325 e. The molecule has 1 heterocycles. The summed E-state index contributed by atoms with van der Waals surface area (Å²) in [6.07, 6.45) is -0.0711. The Balaban J connectivity index is 1.40. The second kappa shape index (κ2) is 6.21. The highest BCUT2D eigenvalue weighted by Gasteiger charge is 2.59. The maximum Gasteiger partial charge on any atom is 0.418 e. The summed E-state index contributed by atoms with van der Waals surface area (Å²) in [7, 11) is 0. The fourth-order valence-electron chi connectivity index (χ4n) is 4.45. The minimum Gasteiger partial charge on any atom is -0.325 e. The molecule has 1 saturated carbocycles. The van der Waals surface area contributed by atoms with Gasteiger partial charge in [-0.2, -0.15) is 13.2 Å². The highest BCUT2D eigenvalue weighted by atomic mass is 19.4. The molecule has 0 aromatic heterocycles. The number of nitrogens with zero attached hydrogens (tertiary/aromatic N) is 1. The molecule has 4 rings (SSSR count). The molecule has 0 spiro atoms. The molecule has 2 bridgehead atoms. The van der Waals surface area contributed by atoms with Crippen molar-refractivity contribution < 1.29 is 27.6 Å². The molecule has 0 unspecified atom stereocenters. The average molecular weight is 378 g/mol. The fourth-order valence-corrected chi connectivity index (χ4v) is 4.45. The van der Waals surface area contributed by atoms with Gasteiger partial charge in [-0.05, 0) is 30.4 Å². The lowest BCUT2D eigenvalue weighted by molar-refractivity contribution is -0.141. The third-order valence-corrected chi connectivity index (χ3v) is 5.63. The first-order valence-corrected chi connectivity index (χ1v) is 8.77. The van der Waals surface area contributed by atoms with E-state index in [9.17, 15) is 27.6 Å². The number of nitrogens with one attached hydrogen (secondary N) is 1. The van der Waals surface area contributed by atoms with Crippen LogP contribution in [0.5, 0.6) is 0 Å². The molecule has 1 aromatic carbocycles. The standard InChI is InChI=1S/C19H17F3N2O3/c20-19(21,22)12-3-1-2-4-13(12)23-14(25)7-8-24-17(26)15-10-5-6-11(9-10)16(15)18(24)27/h1-6,10-11,15-16H,7-9H2,(H,23,25)/t10-,11-,15+,16+/m0/s1. The second-order valence-corrected chi connectivity index (χ2v) is 7.17. The van der Waals surface area contributed by atoms with E-state index in [2.05, 4.69) is 5.32 Å². The van der Waals surface area contributed by atoms with Gasteiger partial charge in [0.1, 0.15) is 0 Å². The molecule has 1 aliphatic heterocycles. The zero-order valence-electron chi connectivity index (χ0n) is 14.2.